The SMILES string of the molecule is CC1CNCCN1CC#N. The summed E-state index contributed by atoms with van der Waals surface area (Å²) in [6.07, 6.45) is 0. The molecule has 0 spiro atoms. The highest BCUT2D eigenvalue weighted by Gasteiger charge is 2.16. The molecule has 0 saturated carbocycles. The summed E-state index contributed by atoms with van der Waals surface area (Å²) >= 11 is 0. The highest BCUT2D eigenvalue weighted by Crippen LogP contribution is 1.99. The monoisotopic (exact) mass is 139 g/mol. The molecular formula is C7H13N3. The average Bonchev–Trinajstić information content (AvgIpc) is 1.94. The van der Waals surface area contributed by atoms with Gasteiger partial charge >= 0.3 is 0 Å². The van der Waals surface area contributed by atoms with Crippen LogP contribution in [0.2, 0.25) is 0 Å². The highest BCUT2D eigenvalue weighted by molar-refractivity contribution is 4.83. The third-order valence-corrected chi connectivity index (χ3v) is 1.91. The largest absolute Gasteiger partial charge is 0.314 e. The van der Waals surface area contributed by atoms with Gasteiger partial charge < -0.3 is 5.32 Å². The van der Waals surface area contributed by atoms with E-state index >= 15 is 0 Å². The molecule has 1 unspecified atom stereocenters. The van der Waals surface area contributed by atoms with Gasteiger partial charge in [-0.15, -0.1) is 0 Å². The fourth-order valence-corrected chi connectivity index (χ4v) is 1.21. The van der Waals surface area contributed by atoms with Gasteiger partial charge in [-0.1, -0.05) is 0 Å². The molecule has 0 aromatic carbocycles. The van der Waals surface area contributed by atoms with E-state index in [9.17, 15) is 0 Å². The number of nitriles is 1. The van der Waals surface area contributed by atoms with Crippen molar-refractivity contribution in [3.8, 4) is 6.07 Å². The summed E-state index contributed by atoms with van der Waals surface area (Å²) in [4.78, 5) is 2.19. The molecule has 1 aliphatic heterocycles. The highest BCUT2D eigenvalue weighted by atomic mass is 15.2. The first kappa shape index (κ1) is 7.52. The van der Waals surface area contributed by atoms with Gasteiger partial charge in [0.2, 0.25) is 0 Å². The third-order valence-electron chi connectivity index (χ3n) is 1.91. The summed E-state index contributed by atoms with van der Waals surface area (Å²) in [5.74, 6) is 0. The lowest BCUT2D eigenvalue weighted by Crippen LogP contribution is -2.49. The van der Waals surface area contributed by atoms with Crippen molar-refractivity contribution in [3.05, 3.63) is 0 Å². The second-order valence-electron chi connectivity index (χ2n) is 2.68. The molecule has 1 N–H and O–H groups in total. The van der Waals surface area contributed by atoms with Crippen molar-refractivity contribution in [1.82, 2.24) is 10.2 Å². The lowest BCUT2D eigenvalue weighted by molar-refractivity contribution is 0.195. The van der Waals surface area contributed by atoms with Gasteiger partial charge in [-0.2, -0.15) is 5.26 Å². The van der Waals surface area contributed by atoms with Crippen LogP contribution in [0.1, 0.15) is 6.92 Å². The van der Waals surface area contributed by atoms with Crippen molar-refractivity contribution in [2.75, 3.05) is 26.2 Å². The van der Waals surface area contributed by atoms with Crippen LogP contribution in [0.25, 0.3) is 0 Å². The van der Waals surface area contributed by atoms with Gasteiger partial charge in [0.15, 0.2) is 0 Å². The first-order chi connectivity index (χ1) is 4.84. The van der Waals surface area contributed by atoms with Gasteiger partial charge in [-0.3, -0.25) is 4.90 Å². The Hall–Kier alpha value is -0.590. The maximum absolute atomic E-state index is 8.42. The first-order valence-corrected chi connectivity index (χ1v) is 3.66. The summed E-state index contributed by atoms with van der Waals surface area (Å²) in [6, 6.07) is 2.69. The van der Waals surface area contributed by atoms with E-state index in [4.69, 9.17) is 5.26 Å². The molecule has 10 heavy (non-hydrogen) atoms. The molecule has 1 saturated heterocycles. The van der Waals surface area contributed by atoms with Crippen molar-refractivity contribution in [2.45, 2.75) is 13.0 Å². The van der Waals surface area contributed by atoms with Crippen LogP contribution in [0.3, 0.4) is 0 Å². The van der Waals surface area contributed by atoms with Crippen LogP contribution >= 0.6 is 0 Å². The Labute approximate surface area is 61.6 Å². The van der Waals surface area contributed by atoms with Gasteiger partial charge in [-0.25, -0.2) is 0 Å². The molecule has 1 aliphatic rings. The van der Waals surface area contributed by atoms with Gasteiger partial charge in [0.05, 0.1) is 12.6 Å². The number of hydrogen-bond donors (Lipinski definition) is 1. The summed E-state index contributed by atoms with van der Waals surface area (Å²) in [7, 11) is 0. The Balaban J connectivity index is 2.34. The molecule has 3 nitrogen and oxygen atoms in total. The zero-order valence-electron chi connectivity index (χ0n) is 6.30. The predicted molar refractivity (Wildman–Crippen MR) is 39.5 cm³/mol. The van der Waals surface area contributed by atoms with Gasteiger partial charge in [0.1, 0.15) is 0 Å². The van der Waals surface area contributed by atoms with Crippen LogP contribution in [-0.2, 0) is 0 Å². The molecule has 56 valence electrons. The number of piperazine rings is 1. The Morgan fingerprint density at radius 1 is 1.80 bits per heavy atom. The van der Waals surface area contributed by atoms with Gasteiger partial charge in [0, 0.05) is 25.7 Å². The summed E-state index contributed by atoms with van der Waals surface area (Å²) in [6.45, 7) is 5.76. The average molecular weight is 139 g/mol. The molecule has 0 aromatic rings. The molecule has 1 rings (SSSR count). The topological polar surface area (TPSA) is 39.1 Å². The molecular weight excluding hydrogens is 126 g/mol. The van der Waals surface area contributed by atoms with E-state index in [2.05, 4.69) is 23.2 Å². The van der Waals surface area contributed by atoms with Crippen molar-refractivity contribution < 1.29 is 0 Å². The van der Waals surface area contributed by atoms with E-state index in [1.54, 1.807) is 0 Å². The minimum atomic E-state index is 0.522. The standard InChI is InChI=1S/C7H13N3/c1-7-6-9-3-5-10(7)4-2-8/h7,9H,3-6H2,1H3. The molecule has 0 aliphatic carbocycles. The Morgan fingerprint density at radius 2 is 2.60 bits per heavy atom. The predicted octanol–water partition coefficient (Wildman–Crippen LogP) is -0.196. The molecule has 0 amide bonds. The maximum Gasteiger partial charge on any atom is 0.0869 e. The number of hydrogen-bond acceptors (Lipinski definition) is 3. The number of nitrogens with zero attached hydrogens (tertiary/aromatic N) is 2. The van der Waals surface area contributed by atoms with E-state index in [0.717, 1.165) is 19.6 Å². The fraction of sp³-hybridized carbons (Fsp3) is 0.857. The molecule has 0 radical (unpaired) electrons. The van der Waals surface area contributed by atoms with Crippen LogP contribution in [0, 0.1) is 11.3 Å². The van der Waals surface area contributed by atoms with Gasteiger partial charge in [-0.05, 0) is 6.92 Å². The smallest absolute Gasteiger partial charge is 0.0869 e. The van der Waals surface area contributed by atoms with E-state index in [-0.39, 0.29) is 0 Å². The fourth-order valence-electron chi connectivity index (χ4n) is 1.21. The van der Waals surface area contributed by atoms with Crippen LogP contribution in [0.15, 0.2) is 0 Å². The Kier molecular flexibility index (Phi) is 2.67. The molecule has 1 fully saturated rings. The molecule has 0 bridgehead atoms. The lowest BCUT2D eigenvalue weighted by atomic mass is 10.2. The normalized spacial score (nSPS) is 27.8. The molecule has 1 heterocycles. The number of rotatable bonds is 1. The van der Waals surface area contributed by atoms with Crippen LogP contribution in [-0.4, -0.2) is 37.1 Å². The van der Waals surface area contributed by atoms with Crippen LogP contribution in [0.5, 0.6) is 0 Å². The third kappa shape index (κ3) is 1.69. The van der Waals surface area contributed by atoms with Gasteiger partial charge in [0.25, 0.3) is 0 Å². The number of nitrogens with one attached hydrogen (secondary N) is 1. The summed E-state index contributed by atoms with van der Waals surface area (Å²) < 4.78 is 0. The molecule has 0 aromatic heterocycles. The van der Waals surface area contributed by atoms with Crippen molar-refractivity contribution in [3.63, 3.8) is 0 Å². The van der Waals surface area contributed by atoms with Crippen molar-refractivity contribution >= 4 is 0 Å². The maximum atomic E-state index is 8.42. The first-order valence-electron chi connectivity index (χ1n) is 3.66. The molecule has 1 atom stereocenters. The zero-order chi connectivity index (χ0) is 7.40. The molecule has 3 heteroatoms. The second kappa shape index (κ2) is 3.55. The van der Waals surface area contributed by atoms with E-state index in [0.29, 0.717) is 12.6 Å². The van der Waals surface area contributed by atoms with Crippen LogP contribution in [0.4, 0.5) is 0 Å². The van der Waals surface area contributed by atoms with Crippen molar-refractivity contribution in [1.29, 1.82) is 5.26 Å². The van der Waals surface area contributed by atoms with E-state index in [1.807, 2.05) is 0 Å². The zero-order valence-corrected chi connectivity index (χ0v) is 6.30. The summed E-state index contributed by atoms with van der Waals surface area (Å²) in [5.41, 5.74) is 0. The van der Waals surface area contributed by atoms with Crippen LogP contribution < -0.4 is 5.32 Å². The quantitative estimate of drug-likeness (QED) is 0.511. The Morgan fingerprint density at radius 3 is 3.20 bits per heavy atom. The minimum Gasteiger partial charge on any atom is -0.314 e. The van der Waals surface area contributed by atoms with E-state index < -0.39 is 0 Å². The summed E-state index contributed by atoms with van der Waals surface area (Å²) in [5, 5.41) is 11.7. The Bertz CT molecular complexity index is 138. The lowest BCUT2D eigenvalue weighted by Gasteiger charge is -2.31. The second-order valence-corrected chi connectivity index (χ2v) is 2.68. The van der Waals surface area contributed by atoms with Crippen molar-refractivity contribution in [2.24, 2.45) is 0 Å². The minimum absolute atomic E-state index is 0.522. The van der Waals surface area contributed by atoms with E-state index in [1.165, 1.54) is 0 Å².